The Morgan fingerprint density at radius 3 is 2.56 bits per heavy atom. The van der Waals surface area contributed by atoms with Gasteiger partial charge in [0.2, 0.25) is 0 Å². The van der Waals surface area contributed by atoms with Gasteiger partial charge in [0, 0.05) is 0 Å². The minimum Gasteiger partial charge on any atom is -0.384 e. The van der Waals surface area contributed by atoms with Crippen molar-refractivity contribution in [3.8, 4) is 0 Å². The molecule has 0 saturated heterocycles. The van der Waals surface area contributed by atoms with Gasteiger partial charge >= 0.3 is 0 Å². The molecule has 1 heteroatoms. The van der Waals surface area contributed by atoms with E-state index in [1.807, 2.05) is 36.4 Å². The van der Waals surface area contributed by atoms with Gasteiger partial charge < -0.3 is 5.11 Å². The first-order valence-electron chi connectivity index (χ1n) is 6.84. The maximum atomic E-state index is 10.4. The second kappa shape index (κ2) is 8.71. The third kappa shape index (κ3) is 4.89. The summed E-state index contributed by atoms with van der Waals surface area (Å²) in [5.41, 5.74) is 2.02. The molecule has 1 atom stereocenters. The van der Waals surface area contributed by atoms with Crippen molar-refractivity contribution < 1.29 is 5.11 Å². The third-order valence-electron chi connectivity index (χ3n) is 3.12. The summed E-state index contributed by atoms with van der Waals surface area (Å²) >= 11 is 0. The van der Waals surface area contributed by atoms with Gasteiger partial charge in [-0.2, -0.15) is 0 Å². The fourth-order valence-electron chi connectivity index (χ4n) is 2.07. The van der Waals surface area contributed by atoms with Crippen molar-refractivity contribution in [2.45, 2.75) is 45.1 Å². The number of allylic oxidation sites excluding steroid dienone is 2. The van der Waals surface area contributed by atoms with Gasteiger partial charge in [-0.1, -0.05) is 75.2 Å². The van der Waals surface area contributed by atoms with Crippen molar-refractivity contribution in [3.63, 3.8) is 0 Å². The molecule has 0 radical (unpaired) electrons. The van der Waals surface area contributed by atoms with Gasteiger partial charge in [0.1, 0.15) is 6.10 Å². The molecule has 1 nitrogen and oxygen atoms in total. The topological polar surface area (TPSA) is 20.2 Å². The van der Waals surface area contributed by atoms with Crippen LogP contribution >= 0.6 is 0 Å². The summed E-state index contributed by atoms with van der Waals surface area (Å²) in [7, 11) is 0. The molecule has 0 bridgehead atoms. The lowest BCUT2D eigenvalue weighted by molar-refractivity contribution is 0.210. The van der Waals surface area contributed by atoms with Crippen LogP contribution in [0.4, 0.5) is 0 Å². The second-order valence-corrected chi connectivity index (χ2v) is 4.60. The molecule has 1 N–H and O–H groups in total. The van der Waals surface area contributed by atoms with Crippen molar-refractivity contribution in [2.24, 2.45) is 0 Å². The fraction of sp³-hybridized carbons (Fsp3) is 0.412. The Morgan fingerprint density at radius 1 is 1.22 bits per heavy atom. The molecule has 0 aliphatic heterocycles. The Labute approximate surface area is 111 Å². The maximum absolute atomic E-state index is 10.4. The molecule has 0 heterocycles. The van der Waals surface area contributed by atoms with Gasteiger partial charge in [0.25, 0.3) is 0 Å². The molecule has 0 aliphatic carbocycles. The van der Waals surface area contributed by atoms with Crippen LogP contribution in [0.5, 0.6) is 0 Å². The second-order valence-electron chi connectivity index (χ2n) is 4.60. The first kappa shape index (κ1) is 14.7. The van der Waals surface area contributed by atoms with Crippen LogP contribution in [0.15, 0.2) is 54.6 Å². The summed E-state index contributed by atoms with van der Waals surface area (Å²) in [4.78, 5) is 0. The number of benzene rings is 1. The fourth-order valence-corrected chi connectivity index (χ4v) is 2.07. The van der Waals surface area contributed by atoms with Crippen LogP contribution in [0.2, 0.25) is 0 Å². The van der Waals surface area contributed by atoms with Gasteiger partial charge in [0.05, 0.1) is 0 Å². The van der Waals surface area contributed by atoms with E-state index in [1.54, 1.807) is 6.08 Å². The average molecular weight is 244 g/mol. The van der Waals surface area contributed by atoms with E-state index in [9.17, 15) is 5.11 Å². The van der Waals surface area contributed by atoms with Gasteiger partial charge in [-0.25, -0.2) is 0 Å². The predicted octanol–water partition coefficient (Wildman–Crippen LogP) is 4.80. The van der Waals surface area contributed by atoms with E-state index in [0.29, 0.717) is 0 Å². The molecule has 1 rings (SSSR count). The lowest BCUT2D eigenvalue weighted by Gasteiger charge is -2.15. The Morgan fingerprint density at radius 2 is 1.94 bits per heavy atom. The monoisotopic (exact) mass is 244 g/mol. The van der Waals surface area contributed by atoms with E-state index in [4.69, 9.17) is 0 Å². The highest BCUT2D eigenvalue weighted by Crippen LogP contribution is 2.25. The van der Waals surface area contributed by atoms with Gasteiger partial charge in [0.15, 0.2) is 0 Å². The van der Waals surface area contributed by atoms with Crippen molar-refractivity contribution in [3.05, 3.63) is 60.2 Å². The van der Waals surface area contributed by atoms with Crippen molar-refractivity contribution in [1.29, 1.82) is 0 Å². The largest absolute Gasteiger partial charge is 0.384 e. The quantitative estimate of drug-likeness (QED) is 0.514. The lowest BCUT2D eigenvalue weighted by Crippen LogP contribution is -2.01. The van der Waals surface area contributed by atoms with Crippen LogP contribution in [0.3, 0.4) is 0 Å². The number of hydrogen-bond acceptors (Lipinski definition) is 1. The summed E-state index contributed by atoms with van der Waals surface area (Å²) in [6, 6.07) is 9.82. The lowest BCUT2D eigenvalue weighted by atomic mass is 9.96. The average Bonchev–Trinajstić information content (AvgIpc) is 2.42. The van der Waals surface area contributed by atoms with E-state index in [2.05, 4.69) is 13.5 Å². The molecule has 1 aromatic rings. The first-order chi connectivity index (χ1) is 8.79. The minimum atomic E-state index is -0.495. The molecule has 18 heavy (non-hydrogen) atoms. The summed E-state index contributed by atoms with van der Waals surface area (Å²) in [5.74, 6) is 0. The van der Waals surface area contributed by atoms with E-state index < -0.39 is 6.10 Å². The molecule has 0 aromatic heterocycles. The summed E-state index contributed by atoms with van der Waals surface area (Å²) in [6.45, 7) is 5.94. The normalized spacial score (nSPS) is 13.3. The molecule has 0 saturated carbocycles. The maximum Gasteiger partial charge on any atom is 0.100 e. The molecule has 0 spiro atoms. The van der Waals surface area contributed by atoms with E-state index in [0.717, 1.165) is 24.0 Å². The van der Waals surface area contributed by atoms with Gasteiger partial charge in [-0.05, 0) is 24.0 Å². The SMILES string of the molecule is C=C/C=C(\CCCCCC)[C@H](O)c1ccccc1. The van der Waals surface area contributed by atoms with Crippen LogP contribution in [-0.2, 0) is 0 Å². The molecule has 98 valence electrons. The predicted molar refractivity (Wildman–Crippen MR) is 78.4 cm³/mol. The Kier molecular flexibility index (Phi) is 7.12. The number of hydrogen-bond donors (Lipinski definition) is 1. The first-order valence-corrected chi connectivity index (χ1v) is 6.84. The molecule has 0 unspecified atom stereocenters. The Bertz CT molecular complexity index is 364. The van der Waals surface area contributed by atoms with Crippen LogP contribution in [-0.4, -0.2) is 5.11 Å². The highest BCUT2D eigenvalue weighted by molar-refractivity contribution is 5.27. The van der Waals surface area contributed by atoms with Crippen molar-refractivity contribution in [2.75, 3.05) is 0 Å². The molecule has 0 fully saturated rings. The van der Waals surface area contributed by atoms with Gasteiger partial charge in [-0.15, -0.1) is 0 Å². The highest BCUT2D eigenvalue weighted by Gasteiger charge is 2.11. The summed E-state index contributed by atoms with van der Waals surface area (Å²) < 4.78 is 0. The van der Waals surface area contributed by atoms with Crippen LogP contribution in [0.25, 0.3) is 0 Å². The van der Waals surface area contributed by atoms with Crippen LogP contribution in [0.1, 0.15) is 50.7 Å². The zero-order chi connectivity index (χ0) is 13.2. The van der Waals surface area contributed by atoms with Crippen molar-refractivity contribution >= 4 is 0 Å². The molecular weight excluding hydrogens is 220 g/mol. The van der Waals surface area contributed by atoms with Gasteiger partial charge in [-0.3, -0.25) is 0 Å². The molecular formula is C17H24O. The number of unbranched alkanes of at least 4 members (excludes halogenated alkanes) is 3. The molecule has 0 amide bonds. The smallest absolute Gasteiger partial charge is 0.100 e. The third-order valence-corrected chi connectivity index (χ3v) is 3.12. The zero-order valence-corrected chi connectivity index (χ0v) is 11.3. The Hall–Kier alpha value is -1.34. The Balaban J connectivity index is 2.62. The van der Waals surface area contributed by atoms with E-state index in [-0.39, 0.29) is 0 Å². The van der Waals surface area contributed by atoms with E-state index in [1.165, 1.54) is 19.3 Å². The van der Waals surface area contributed by atoms with Crippen LogP contribution in [0, 0.1) is 0 Å². The standard InChI is InChI=1S/C17H24O/c1-3-5-6-8-12-15(11-4-2)17(18)16-13-9-7-10-14-16/h4,7,9-11,13-14,17-18H,2-3,5-6,8,12H2,1H3/b15-11+/t17-/m0/s1. The van der Waals surface area contributed by atoms with Crippen molar-refractivity contribution in [1.82, 2.24) is 0 Å². The summed E-state index contributed by atoms with van der Waals surface area (Å²) in [5, 5.41) is 10.4. The van der Waals surface area contributed by atoms with Crippen LogP contribution < -0.4 is 0 Å². The molecule has 1 aromatic carbocycles. The number of aliphatic hydroxyl groups is 1. The van der Waals surface area contributed by atoms with E-state index >= 15 is 0 Å². The minimum absolute atomic E-state index is 0.495. The summed E-state index contributed by atoms with van der Waals surface area (Å²) in [6.07, 6.45) is 9.03. The highest BCUT2D eigenvalue weighted by atomic mass is 16.3. The zero-order valence-electron chi connectivity index (χ0n) is 11.3. The number of rotatable bonds is 8. The molecule has 0 aliphatic rings. The number of aliphatic hydroxyl groups excluding tert-OH is 1.